The van der Waals surface area contributed by atoms with Gasteiger partial charge in [0.25, 0.3) is 0 Å². The summed E-state index contributed by atoms with van der Waals surface area (Å²) in [7, 11) is 0. The van der Waals surface area contributed by atoms with Gasteiger partial charge < -0.3 is 10.2 Å². The first-order chi connectivity index (χ1) is 15.5. The normalized spacial score (nSPS) is 17.5. The van der Waals surface area contributed by atoms with Gasteiger partial charge in [0.1, 0.15) is 5.82 Å². The van der Waals surface area contributed by atoms with Crippen molar-refractivity contribution >= 4 is 23.5 Å². The van der Waals surface area contributed by atoms with Gasteiger partial charge in [0.2, 0.25) is 0 Å². The predicted octanol–water partition coefficient (Wildman–Crippen LogP) is 6.21. The van der Waals surface area contributed by atoms with Crippen molar-refractivity contribution in [2.45, 2.75) is 44.4 Å². The van der Waals surface area contributed by atoms with Crippen LogP contribution in [-0.4, -0.2) is 34.3 Å². The fourth-order valence-corrected chi connectivity index (χ4v) is 4.71. The molecule has 0 unspecified atom stereocenters. The Morgan fingerprint density at radius 3 is 2.53 bits per heavy atom. The van der Waals surface area contributed by atoms with Crippen LogP contribution in [0.25, 0.3) is 11.4 Å². The molecule has 2 heterocycles. The molecule has 6 heteroatoms. The van der Waals surface area contributed by atoms with Crippen molar-refractivity contribution in [1.29, 1.82) is 0 Å². The standard InChI is InChI=1S/C26H33FN4S/c1-18-7-5-6-8-24(18)19(2)15-26(31-21(4)25(32-27)17-29-31)28-16-22-11-13-30(14-12-22)20(3)23-9-10-23/h5-8,15,17,22-23,28H,2-3,9-14,16H2,1,4H3/b26-15-. The van der Waals surface area contributed by atoms with Crippen LogP contribution >= 0.6 is 12.1 Å². The number of rotatable bonds is 9. The number of halogens is 1. The number of aryl methyl sites for hydroxylation is 1. The summed E-state index contributed by atoms with van der Waals surface area (Å²) in [4.78, 5) is 3.01. The molecule has 2 fully saturated rings. The van der Waals surface area contributed by atoms with Crippen LogP contribution in [0.3, 0.4) is 0 Å². The molecule has 1 saturated carbocycles. The molecule has 4 nitrogen and oxygen atoms in total. The van der Waals surface area contributed by atoms with Crippen molar-refractivity contribution in [3.8, 4) is 0 Å². The number of likely N-dealkylation sites (tertiary alicyclic amines) is 1. The molecule has 2 aliphatic rings. The van der Waals surface area contributed by atoms with Crippen molar-refractivity contribution in [2.75, 3.05) is 19.6 Å². The lowest BCUT2D eigenvalue weighted by molar-refractivity contribution is 0.218. The summed E-state index contributed by atoms with van der Waals surface area (Å²) in [5, 5.41) is 8.06. The van der Waals surface area contributed by atoms with Gasteiger partial charge in [0.05, 0.1) is 28.9 Å². The molecule has 32 heavy (non-hydrogen) atoms. The summed E-state index contributed by atoms with van der Waals surface area (Å²) in [5.41, 5.74) is 5.31. The largest absolute Gasteiger partial charge is 0.375 e. The molecule has 1 aromatic carbocycles. The van der Waals surface area contributed by atoms with Gasteiger partial charge in [-0.05, 0) is 74.1 Å². The number of piperidine rings is 1. The van der Waals surface area contributed by atoms with Crippen LogP contribution in [0.4, 0.5) is 3.89 Å². The lowest BCUT2D eigenvalue weighted by atomic mass is 9.96. The first-order valence-electron chi connectivity index (χ1n) is 11.5. The lowest BCUT2D eigenvalue weighted by Crippen LogP contribution is -2.37. The van der Waals surface area contributed by atoms with Gasteiger partial charge >= 0.3 is 0 Å². The van der Waals surface area contributed by atoms with Gasteiger partial charge in [-0.3, -0.25) is 0 Å². The number of nitrogens with zero attached hydrogens (tertiary/aromatic N) is 3. The first-order valence-corrected chi connectivity index (χ1v) is 12.2. The number of benzene rings is 1. The van der Waals surface area contributed by atoms with E-state index in [9.17, 15) is 3.89 Å². The van der Waals surface area contributed by atoms with Crippen LogP contribution in [0.1, 0.15) is 42.5 Å². The van der Waals surface area contributed by atoms with Crippen LogP contribution in [0, 0.1) is 25.7 Å². The van der Waals surface area contributed by atoms with Crippen LogP contribution in [0.5, 0.6) is 0 Å². The van der Waals surface area contributed by atoms with E-state index in [1.165, 1.54) is 24.1 Å². The molecule has 0 radical (unpaired) electrons. The van der Waals surface area contributed by atoms with Gasteiger partial charge in [-0.2, -0.15) is 8.98 Å². The second kappa shape index (κ2) is 9.99. The van der Waals surface area contributed by atoms with Gasteiger partial charge in [-0.1, -0.05) is 37.4 Å². The highest BCUT2D eigenvalue weighted by atomic mass is 32.2. The van der Waals surface area contributed by atoms with Crippen molar-refractivity contribution in [3.05, 3.63) is 72.2 Å². The van der Waals surface area contributed by atoms with E-state index in [1.807, 2.05) is 25.1 Å². The van der Waals surface area contributed by atoms with Gasteiger partial charge in [0, 0.05) is 25.3 Å². The Morgan fingerprint density at radius 2 is 1.91 bits per heavy atom. The summed E-state index contributed by atoms with van der Waals surface area (Å²) in [6.45, 7) is 15.6. The zero-order valence-corrected chi connectivity index (χ0v) is 19.9. The minimum absolute atomic E-state index is 0.233. The van der Waals surface area contributed by atoms with E-state index in [0.717, 1.165) is 61.0 Å². The summed E-state index contributed by atoms with van der Waals surface area (Å²) < 4.78 is 15.1. The van der Waals surface area contributed by atoms with E-state index in [4.69, 9.17) is 0 Å². The maximum absolute atomic E-state index is 13.3. The molecule has 1 aromatic heterocycles. The molecular formula is C26H33FN4S. The highest BCUT2D eigenvalue weighted by molar-refractivity contribution is 7.94. The third kappa shape index (κ3) is 5.12. The van der Waals surface area contributed by atoms with Gasteiger partial charge in [-0.25, -0.2) is 4.68 Å². The van der Waals surface area contributed by atoms with E-state index in [0.29, 0.717) is 10.8 Å². The number of hydrogen-bond donors (Lipinski definition) is 1. The van der Waals surface area contributed by atoms with Gasteiger partial charge in [0.15, 0.2) is 0 Å². The molecule has 170 valence electrons. The fraction of sp³-hybridized carbons (Fsp3) is 0.423. The molecule has 1 N–H and O–H groups in total. The summed E-state index contributed by atoms with van der Waals surface area (Å²) in [6.07, 6.45) is 8.51. The average Bonchev–Trinajstić information content (AvgIpc) is 3.59. The molecule has 0 spiro atoms. The molecule has 2 aromatic rings. The Labute approximate surface area is 195 Å². The molecule has 4 rings (SSSR count). The summed E-state index contributed by atoms with van der Waals surface area (Å²) >= 11 is 0.233. The Kier molecular flexibility index (Phi) is 7.09. The Morgan fingerprint density at radius 1 is 1.19 bits per heavy atom. The maximum atomic E-state index is 13.3. The molecule has 0 atom stereocenters. The van der Waals surface area contributed by atoms with E-state index in [2.05, 4.69) is 47.5 Å². The minimum atomic E-state index is 0.233. The quantitative estimate of drug-likeness (QED) is 0.458. The fourth-order valence-electron chi connectivity index (χ4n) is 4.42. The minimum Gasteiger partial charge on any atom is -0.375 e. The highest BCUT2D eigenvalue weighted by Crippen LogP contribution is 2.38. The monoisotopic (exact) mass is 452 g/mol. The lowest BCUT2D eigenvalue weighted by Gasteiger charge is -2.35. The second-order valence-electron chi connectivity index (χ2n) is 9.03. The first kappa shape index (κ1) is 22.7. The van der Waals surface area contributed by atoms with E-state index < -0.39 is 0 Å². The zero-order valence-electron chi connectivity index (χ0n) is 19.1. The SMILES string of the molecule is C=C(/C=C(/NCC1CCN(C(=C)C2CC2)CC1)n1ncc(SF)c1C)c1ccccc1C. The van der Waals surface area contributed by atoms with Crippen LogP contribution < -0.4 is 5.32 Å². The van der Waals surface area contributed by atoms with Crippen LogP contribution in [-0.2, 0) is 0 Å². The van der Waals surface area contributed by atoms with Crippen LogP contribution in [0.15, 0.2) is 60.3 Å². The smallest absolute Gasteiger partial charge is 0.128 e. The average molecular weight is 453 g/mol. The topological polar surface area (TPSA) is 33.1 Å². The molecule has 1 saturated heterocycles. The van der Waals surface area contributed by atoms with Crippen molar-refractivity contribution in [2.24, 2.45) is 11.8 Å². The number of nitrogens with one attached hydrogen (secondary N) is 1. The van der Waals surface area contributed by atoms with E-state index >= 15 is 0 Å². The molecule has 0 amide bonds. The Bertz CT molecular complexity index is 1010. The Hall–Kier alpha value is -2.47. The van der Waals surface area contributed by atoms with E-state index in [-0.39, 0.29) is 12.1 Å². The number of aromatic nitrogens is 2. The highest BCUT2D eigenvalue weighted by Gasteiger charge is 2.30. The third-order valence-corrected chi connectivity index (χ3v) is 7.29. The molecule has 1 aliphatic carbocycles. The van der Waals surface area contributed by atoms with E-state index in [1.54, 1.807) is 10.9 Å². The zero-order chi connectivity index (χ0) is 22.7. The number of allylic oxidation sites excluding steroid dienone is 3. The van der Waals surface area contributed by atoms with Crippen LogP contribution in [0.2, 0.25) is 0 Å². The van der Waals surface area contributed by atoms with Crippen molar-refractivity contribution < 1.29 is 3.89 Å². The second-order valence-corrected chi connectivity index (χ2v) is 9.62. The van der Waals surface area contributed by atoms with Gasteiger partial charge in [-0.15, -0.1) is 0 Å². The molecule has 1 aliphatic heterocycles. The number of hydrogen-bond acceptors (Lipinski definition) is 4. The van der Waals surface area contributed by atoms with Crippen molar-refractivity contribution in [1.82, 2.24) is 20.0 Å². The predicted molar refractivity (Wildman–Crippen MR) is 133 cm³/mol. The molecule has 0 bridgehead atoms. The maximum Gasteiger partial charge on any atom is 0.128 e. The molecular weight excluding hydrogens is 419 g/mol. The summed E-state index contributed by atoms with van der Waals surface area (Å²) in [6, 6.07) is 8.21. The summed E-state index contributed by atoms with van der Waals surface area (Å²) in [5.74, 6) is 2.15. The Balaban J connectivity index is 1.47. The third-order valence-electron chi connectivity index (χ3n) is 6.72. The van der Waals surface area contributed by atoms with Crippen molar-refractivity contribution in [3.63, 3.8) is 0 Å².